The number of fused-ring (bicyclic) bond motifs is 7. The quantitative estimate of drug-likeness (QED) is 0.414. The first-order valence-corrected chi connectivity index (χ1v) is 13.9. The van der Waals surface area contributed by atoms with Gasteiger partial charge in [0.2, 0.25) is 0 Å². The summed E-state index contributed by atoms with van der Waals surface area (Å²) in [6, 6.07) is 0. The summed E-state index contributed by atoms with van der Waals surface area (Å²) in [6.45, 7) is 17.0. The summed E-state index contributed by atoms with van der Waals surface area (Å²) < 4.78 is 0. The zero-order chi connectivity index (χ0) is 24.2. The number of hydrogen-bond donors (Lipinski definition) is 2. The molecule has 186 valence electrons. The molecule has 3 nitrogen and oxygen atoms in total. The number of hydrogen-bond acceptors (Lipinski definition) is 2. The first-order chi connectivity index (χ1) is 15.3. The third-order valence-corrected chi connectivity index (χ3v) is 13.4. The smallest absolute Gasteiger partial charge is 0.310 e. The Bertz CT molecular complexity index is 874. The molecule has 0 heterocycles. The number of rotatable bonds is 1. The van der Waals surface area contributed by atoms with Gasteiger partial charge in [0, 0.05) is 0 Å². The van der Waals surface area contributed by atoms with Crippen molar-refractivity contribution in [3.05, 3.63) is 11.6 Å². The number of carbonyl (C=O) groups is 1. The normalized spacial score (nSPS) is 55.3. The molecule has 0 bridgehead atoms. The molecule has 3 heteroatoms. The zero-order valence-electron chi connectivity index (χ0n) is 22.2. The van der Waals surface area contributed by atoms with E-state index in [0.717, 1.165) is 44.9 Å². The van der Waals surface area contributed by atoms with E-state index in [2.05, 4.69) is 54.5 Å². The Kier molecular flexibility index (Phi) is 5.15. The SMILES string of the molecule is C[C@H]1CC[C@@]2(C(=O)O)CC[C@@]3(C)C(=CCC4[C@]5(C)CC[C@@H](O)C(C)(C)C5CC[C@@]43C)C2[C@@H]1C. The average Bonchev–Trinajstić information content (AvgIpc) is 2.74. The molecular formula is C30H48O3. The van der Waals surface area contributed by atoms with Gasteiger partial charge in [-0.2, -0.15) is 0 Å². The molecule has 5 aliphatic rings. The summed E-state index contributed by atoms with van der Waals surface area (Å²) in [5.74, 6) is 1.82. The van der Waals surface area contributed by atoms with E-state index >= 15 is 0 Å². The summed E-state index contributed by atoms with van der Waals surface area (Å²) in [5.41, 5.74) is 1.46. The van der Waals surface area contributed by atoms with Crippen molar-refractivity contribution in [3.63, 3.8) is 0 Å². The van der Waals surface area contributed by atoms with Gasteiger partial charge >= 0.3 is 5.97 Å². The molecule has 0 spiro atoms. The number of allylic oxidation sites excluding steroid dienone is 2. The summed E-state index contributed by atoms with van der Waals surface area (Å²) >= 11 is 0. The third-order valence-electron chi connectivity index (χ3n) is 13.4. The van der Waals surface area contributed by atoms with Crippen molar-refractivity contribution < 1.29 is 15.0 Å². The van der Waals surface area contributed by atoms with Crippen LogP contribution in [-0.2, 0) is 4.79 Å². The highest BCUT2D eigenvalue weighted by molar-refractivity contribution is 5.76. The Morgan fingerprint density at radius 3 is 2.27 bits per heavy atom. The molecule has 0 aliphatic heterocycles. The third kappa shape index (κ3) is 2.75. The maximum Gasteiger partial charge on any atom is 0.310 e. The Morgan fingerprint density at radius 2 is 1.61 bits per heavy atom. The molecule has 3 unspecified atom stereocenters. The molecule has 5 rings (SSSR count). The number of aliphatic carboxylic acids is 1. The van der Waals surface area contributed by atoms with Crippen molar-refractivity contribution >= 4 is 5.97 Å². The number of carboxylic acid groups (broad SMARTS) is 1. The predicted molar refractivity (Wildman–Crippen MR) is 133 cm³/mol. The van der Waals surface area contributed by atoms with Crippen LogP contribution < -0.4 is 0 Å². The fourth-order valence-corrected chi connectivity index (χ4v) is 10.8. The van der Waals surface area contributed by atoms with Crippen LogP contribution in [-0.4, -0.2) is 22.3 Å². The molecule has 0 aromatic heterocycles. The lowest BCUT2D eigenvalue weighted by Crippen LogP contribution is -2.65. The fourth-order valence-electron chi connectivity index (χ4n) is 10.8. The number of aliphatic hydroxyl groups excluding tert-OH is 1. The van der Waals surface area contributed by atoms with Gasteiger partial charge in [0.25, 0.3) is 0 Å². The van der Waals surface area contributed by atoms with Gasteiger partial charge in [-0.05, 0) is 109 Å². The molecule has 10 atom stereocenters. The molecule has 2 N–H and O–H groups in total. The molecule has 0 amide bonds. The average molecular weight is 457 g/mol. The number of aliphatic hydroxyl groups is 1. The lowest BCUT2D eigenvalue weighted by molar-refractivity contribution is -0.206. The van der Waals surface area contributed by atoms with Crippen LogP contribution in [0.1, 0.15) is 106 Å². The highest BCUT2D eigenvalue weighted by Gasteiger charge is 2.69. The molecule has 4 saturated carbocycles. The minimum absolute atomic E-state index is 0.0302. The van der Waals surface area contributed by atoms with Crippen LogP contribution in [0.25, 0.3) is 0 Å². The first kappa shape index (κ1) is 23.9. The van der Waals surface area contributed by atoms with Crippen LogP contribution in [0.5, 0.6) is 0 Å². The van der Waals surface area contributed by atoms with E-state index in [-0.39, 0.29) is 33.7 Å². The van der Waals surface area contributed by atoms with Crippen molar-refractivity contribution in [2.75, 3.05) is 0 Å². The molecule has 0 aromatic rings. The van der Waals surface area contributed by atoms with Gasteiger partial charge in [-0.25, -0.2) is 0 Å². The van der Waals surface area contributed by atoms with Gasteiger partial charge in [0.05, 0.1) is 11.5 Å². The van der Waals surface area contributed by atoms with Crippen LogP contribution in [0.15, 0.2) is 11.6 Å². The maximum absolute atomic E-state index is 12.8. The molecule has 33 heavy (non-hydrogen) atoms. The lowest BCUT2D eigenvalue weighted by atomic mass is 9.33. The molecular weight excluding hydrogens is 408 g/mol. The second-order valence-electron chi connectivity index (χ2n) is 14.5. The summed E-state index contributed by atoms with van der Waals surface area (Å²) in [4.78, 5) is 12.8. The van der Waals surface area contributed by atoms with E-state index in [1.807, 2.05) is 0 Å². The van der Waals surface area contributed by atoms with Gasteiger partial charge in [-0.15, -0.1) is 0 Å². The van der Waals surface area contributed by atoms with Crippen LogP contribution in [0.2, 0.25) is 0 Å². The Labute approximate surface area is 201 Å². The van der Waals surface area contributed by atoms with Gasteiger partial charge in [-0.3, -0.25) is 4.79 Å². The first-order valence-electron chi connectivity index (χ1n) is 13.9. The van der Waals surface area contributed by atoms with Crippen LogP contribution in [0, 0.1) is 56.7 Å². The summed E-state index contributed by atoms with van der Waals surface area (Å²) in [6.07, 6.45) is 11.6. The zero-order valence-corrected chi connectivity index (χ0v) is 22.2. The second kappa shape index (κ2) is 7.11. The molecule has 4 fully saturated rings. The van der Waals surface area contributed by atoms with Gasteiger partial charge in [-0.1, -0.05) is 60.1 Å². The fraction of sp³-hybridized carbons (Fsp3) is 0.900. The van der Waals surface area contributed by atoms with Crippen molar-refractivity contribution in [1.82, 2.24) is 0 Å². The minimum Gasteiger partial charge on any atom is -0.481 e. The van der Waals surface area contributed by atoms with Gasteiger partial charge in [0.15, 0.2) is 0 Å². The van der Waals surface area contributed by atoms with Crippen LogP contribution in [0.4, 0.5) is 0 Å². The molecule has 0 aromatic carbocycles. The Balaban J connectivity index is 1.61. The Hall–Kier alpha value is -0.830. The highest BCUT2D eigenvalue weighted by Crippen LogP contribution is 2.75. The standard InChI is InChI=1S/C30H48O3/c1-18-10-15-30(25(32)33)17-16-28(6)20(24(30)19(18)2)8-9-22-27(5)13-12-23(31)26(3,4)21(27)11-14-29(22,28)7/h8,18-19,21-24,31H,9-17H2,1-7H3,(H,32,33)/t18-,19+,21?,22?,23+,24?,27+,28-,29-,30+/m0/s1. The van der Waals surface area contributed by atoms with E-state index < -0.39 is 11.4 Å². The van der Waals surface area contributed by atoms with Crippen molar-refractivity contribution in [2.24, 2.45) is 56.7 Å². The van der Waals surface area contributed by atoms with Crippen molar-refractivity contribution in [3.8, 4) is 0 Å². The van der Waals surface area contributed by atoms with E-state index in [1.54, 1.807) is 0 Å². The molecule has 0 radical (unpaired) electrons. The second-order valence-corrected chi connectivity index (χ2v) is 14.5. The molecule has 5 aliphatic carbocycles. The molecule has 0 saturated heterocycles. The topological polar surface area (TPSA) is 57.5 Å². The summed E-state index contributed by atoms with van der Waals surface area (Å²) in [7, 11) is 0. The maximum atomic E-state index is 12.8. The van der Waals surface area contributed by atoms with Gasteiger partial charge < -0.3 is 10.2 Å². The van der Waals surface area contributed by atoms with Gasteiger partial charge in [0.1, 0.15) is 0 Å². The van der Waals surface area contributed by atoms with E-state index in [1.165, 1.54) is 18.4 Å². The minimum atomic E-state index is -0.557. The highest BCUT2D eigenvalue weighted by atomic mass is 16.4. The summed E-state index contributed by atoms with van der Waals surface area (Å²) in [5, 5.41) is 21.4. The van der Waals surface area contributed by atoms with E-state index in [9.17, 15) is 15.0 Å². The Morgan fingerprint density at radius 1 is 0.909 bits per heavy atom. The van der Waals surface area contributed by atoms with E-state index in [4.69, 9.17) is 0 Å². The van der Waals surface area contributed by atoms with Crippen molar-refractivity contribution in [1.29, 1.82) is 0 Å². The van der Waals surface area contributed by atoms with Crippen LogP contribution >= 0.6 is 0 Å². The lowest BCUT2D eigenvalue weighted by Gasteiger charge is -2.71. The largest absolute Gasteiger partial charge is 0.481 e. The predicted octanol–water partition coefficient (Wildman–Crippen LogP) is 7.09. The van der Waals surface area contributed by atoms with Crippen LogP contribution in [0.3, 0.4) is 0 Å². The van der Waals surface area contributed by atoms with Crippen molar-refractivity contribution in [2.45, 2.75) is 112 Å². The monoisotopic (exact) mass is 456 g/mol. The van der Waals surface area contributed by atoms with E-state index in [0.29, 0.717) is 23.7 Å². The number of carboxylic acids is 1.